The minimum atomic E-state index is -4.83. The van der Waals surface area contributed by atoms with Crippen molar-refractivity contribution in [1.29, 1.82) is 0 Å². The lowest BCUT2D eigenvalue weighted by Gasteiger charge is -2.27. The molecule has 1 aliphatic rings. The van der Waals surface area contributed by atoms with Gasteiger partial charge in [-0.25, -0.2) is 9.67 Å². The molecule has 1 aliphatic heterocycles. The van der Waals surface area contributed by atoms with Gasteiger partial charge >= 0.3 is 6.18 Å². The van der Waals surface area contributed by atoms with E-state index in [1.807, 2.05) is 0 Å². The van der Waals surface area contributed by atoms with Crippen LogP contribution < -0.4 is 10.6 Å². The molecule has 25 heavy (non-hydrogen) atoms. The highest BCUT2D eigenvalue weighted by molar-refractivity contribution is 6.35. The summed E-state index contributed by atoms with van der Waals surface area (Å²) in [6, 6.07) is 1.25. The summed E-state index contributed by atoms with van der Waals surface area (Å²) in [6.07, 6.45) is -2.83. The number of amides is 1. The fourth-order valence-corrected chi connectivity index (χ4v) is 2.80. The average molecular weight is 394 g/mol. The molecule has 3 rings (SSSR count). The van der Waals surface area contributed by atoms with Crippen molar-refractivity contribution in [2.75, 3.05) is 19.6 Å². The quantitative estimate of drug-likeness (QED) is 0.837. The van der Waals surface area contributed by atoms with Gasteiger partial charge in [-0.3, -0.25) is 4.79 Å². The van der Waals surface area contributed by atoms with E-state index in [4.69, 9.17) is 23.2 Å². The summed E-state index contributed by atoms with van der Waals surface area (Å²) in [5.74, 6) is -0.906. The van der Waals surface area contributed by atoms with Gasteiger partial charge in [0.1, 0.15) is 0 Å². The zero-order valence-corrected chi connectivity index (χ0v) is 14.1. The first-order valence-electron chi connectivity index (χ1n) is 7.23. The van der Waals surface area contributed by atoms with Crippen molar-refractivity contribution in [3.63, 3.8) is 0 Å². The highest BCUT2D eigenvalue weighted by Gasteiger charge is 2.41. The Hall–Kier alpha value is -1.84. The molecule has 0 radical (unpaired) electrons. The topological polar surface area (TPSA) is 71.8 Å². The second-order valence-electron chi connectivity index (χ2n) is 5.51. The van der Waals surface area contributed by atoms with Gasteiger partial charge in [-0.1, -0.05) is 23.2 Å². The maximum atomic E-state index is 13.5. The molecule has 6 nitrogen and oxygen atoms in total. The smallest absolute Gasteiger partial charge is 0.352 e. The van der Waals surface area contributed by atoms with Gasteiger partial charge in [0.15, 0.2) is 11.5 Å². The third-order valence-electron chi connectivity index (χ3n) is 3.69. The maximum absolute atomic E-state index is 13.5. The number of nitrogens with one attached hydrogen (secondary N) is 2. The van der Waals surface area contributed by atoms with E-state index in [0.29, 0.717) is 4.68 Å². The van der Waals surface area contributed by atoms with Crippen molar-refractivity contribution in [3.05, 3.63) is 39.8 Å². The first-order valence-corrected chi connectivity index (χ1v) is 7.98. The van der Waals surface area contributed by atoms with Crippen molar-refractivity contribution in [1.82, 2.24) is 25.4 Å². The molecule has 0 spiro atoms. The highest BCUT2D eigenvalue weighted by atomic mass is 35.5. The summed E-state index contributed by atoms with van der Waals surface area (Å²) in [6.45, 7) is 1.72. The lowest BCUT2D eigenvalue weighted by molar-refractivity contribution is -0.143. The predicted octanol–water partition coefficient (Wildman–Crippen LogP) is 2.54. The SMILES string of the molecule is O=C(NCC1CNC1)c1cnn(-c2ncc(Cl)cc2Cl)c1C(F)(F)F. The molecule has 1 fully saturated rings. The van der Waals surface area contributed by atoms with Crippen LogP contribution in [0.2, 0.25) is 10.0 Å². The molecule has 0 bridgehead atoms. The number of hydrogen-bond acceptors (Lipinski definition) is 4. The molecule has 0 aliphatic carbocycles. The zero-order chi connectivity index (χ0) is 18.2. The molecule has 0 aromatic carbocycles. The maximum Gasteiger partial charge on any atom is 0.434 e. The zero-order valence-electron chi connectivity index (χ0n) is 12.6. The van der Waals surface area contributed by atoms with Crippen LogP contribution in [0, 0.1) is 5.92 Å². The molecular weight excluding hydrogens is 382 g/mol. The Morgan fingerprint density at radius 3 is 2.64 bits per heavy atom. The Labute approximate surface area is 150 Å². The third-order valence-corrected chi connectivity index (χ3v) is 4.17. The Bertz CT molecular complexity index is 804. The van der Waals surface area contributed by atoms with Crippen LogP contribution >= 0.6 is 23.2 Å². The molecule has 1 amide bonds. The number of hydrogen-bond donors (Lipinski definition) is 2. The van der Waals surface area contributed by atoms with Crippen LogP contribution in [0.25, 0.3) is 5.82 Å². The molecule has 0 unspecified atom stereocenters. The van der Waals surface area contributed by atoms with Gasteiger partial charge in [0.25, 0.3) is 5.91 Å². The molecule has 3 heterocycles. The second kappa shape index (κ2) is 6.81. The summed E-state index contributed by atoms with van der Waals surface area (Å²) in [5, 5.41) is 9.22. The molecule has 0 atom stereocenters. The number of rotatable bonds is 4. The number of halogens is 5. The van der Waals surface area contributed by atoms with Crippen LogP contribution in [-0.2, 0) is 6.18 Å². The summed E-state index contributed by atoms with van der Waals surface area (Å²) >= 11 is 11.6. The van der Waals surface area contributed by atoms with Gasteiger partial charge in [0.05, 0.1) is 21.8 Å². The molecule has 2 N–H and O–H groups in total. The van der Waals surface area contributed by atoms with Crippen LogP contribution in [-0.4, -0.2) is 40.3 Å². The van der Waals surface area contributed by atoms with E-state index < -0.39 is 23.3 Å². The van der Waals surface area contributed by atoms with E-state index in [2.05, 4.69) is 20.7 Å². The average Bonchev–Trinajstić information content (AvgIpc) is 2.90. The number of nitrogens with zero attached hydrogens (tertiary/aromatic N) is 3. The molecule has 134 valence electrons. The summed E-state index contributed by atoms with van der Waals surface area (Å²) in [7, 11) is 0. The number of pyridine rings is 1. The molecule has 2 aromatic rings. The van der Waals surface area contributed by atoms with Crippen molar-refractivity contribution in [2.24, 2.45) is 5.92 Å². The second-order valence-corrected chi connectivity index (χ2v) is 6.35. The first-order chi connectivity index (χ1) is 11.8. The van der Waals surface area contributed by atoms with Crippen molar-refractivity contribution >= 4 is 29.1 Å². The Morgan fingerprint density at radius 1 is 1.36 bits per heavy atom. The van der Waals surface area contributed by atoms with Crippen molar-refractivity contribution in [3.8, 4) is 5.82 Å². The van der Waals surface area contributed by atoms with Gasteiger partial charge in [-0.05, 0) is 6.07 Å². The third kappa shape index (κ3) is 3.73. The molecule has 2 aromatic heterocycles. The van der Waals surface area contributed by atoms with Crippen LogP contribution in [0.15, 0.2) is 18.5 Å². The number of aromatic nitrogens is 3. The molecule has 11 heteroatoms. The molecule has 0 saturated carbocycles. The number of carbonyl (C=O) groups is 1. The number of carbonyl (C=O) groups excluding carboxylic acids is 1. The Kier molecular flexibility index (Phi) is 4.90. The van der Waals surface area contributed by atoms with E-state index in [9.17, 15) is 18.0 Å². The Balaban J connectivity index is 1.96. The van der Waals surface area contributed by atoms with E-state index in [1.165, 1.54) is 6.07 Å². The monoisotopic (exact) mass is 393 g/mol. The summed E-state index contributed by atoms with van der Waals surface area (Å²) in [5.41, 5.74) is -1.83. The van der Waals surface area contributed by atoms with E-state index in [1.54, 1.807) is 0 Å². The fraction of sp³-hybridized carbons (Fsp3) is 0.357. The van der Waals surface area contributed by atoms with Crippen molar-refractivity contribution < 1.29 is 18.0 Å². The highest BCUT2D eigenvalue weighted by Crippen LogP contribution is 2.35. The van der Waals surface area contributed by atoms with Crippen LogP contribution in [0.5, 0.6) is 0 Å². The predicted molar refractivity (Wildman–Crippen MR) is 85.1 cm³/mol. The van der Waals surface area contributed by atoms with Gasteiger partial charge in [-0.15, -0.1) is 0 Å². The fourth-order valence-electron chi connectivity index (χ4n) is 2.34. The molecular formula is C14H12Cl2F3N5O. The van der Waals surface area contributed by atoms with E-state index >= 15 is 0 Å². The first kappa shape index (κ1) is 18.0. The van der Waals surface area contributed by atoms with Gasteiger partial charge < -0.3 is 10.6 Å². The number of alkyl halides is 3. The largest absolute Gasteiger partial charge is 0.434 e. The summed E-state index contributed by atoms with van der Waals surface area (Å²) in [4.78, 5) is 16.0. The van der Waals surface area contributed by atoms with Gasteiger partial charge in [0, 0.05) is 31.7 Å². The van der Waals surface area contributed by atoms with Crippen LogP contribution in [0.3, 0.4) is 0 Å². The molecule has 1 saturated heterocycles. The Morgan fingerprint density at radius 2 is 2.08 bits per heavy atom. The normalized spacial score (nSPS) is 15.1. The minimum Gasteiger partial charge on any atom is -0.352 e. The van der Waals surface area contributed by atoms with Crippen LogP contribution in [0.4, 0.5) is 13.2 Å². The minimum absolute atomic E-state index is 0.117. The van der Waals surface area contributed by atoms with Crippen molar-refractivity contribution in [2.45, 2.75) is 6.18 Å². The van der Waals surface area contributed by atoms with Gasteiger partial charge in [0.2, 0.25) is 0 Å². The van der Waals surface area contributed by atoms with E-state index in [0.717, 1.165) is 25.5 Å². The van der Waals surface area contributed by atoms with Gasteiger partial charge in [-0.2, -0.15) is 18.3 Å². The lowest BCUT2D eigenvalue weighted by Crippen LogP contribution is -2.48. The van der Waals surface area contributed by atoms with E-state index in [-0.39, 0.29) is 28.3 Å². The standard InChI is InChI=1S/C14H12Cl2F3N5O/c15-8-1-10(16)12(21-5-8)24-11(14(17,18)19)9(6-23-24)13(25)22-4-7-2-20-3-7/h1,5-7,20H,2-4H2,(H,22,25). The van der Waals surface area contributed by atoms with Crippen LogP contribution in [0.1, 0.15) is 16.1 Å². The lowest BCUT2D eigenvalue weighted by atomic mass is 10.0. The summed E-state index contributed by atoms with van der Waals surface area (Å²) < 4.78 is 41.1.